The summed E-state index contributed by atoms with van der Waals surface area (Å²) >= 11 is 1.29. The average Bonchev–Trinajstić information content (AvgIpc) is 2.75. The van der Waals surface area contributed by atoms with Crippen LogP contribution in [0.25, 0.3) is 0 Å². The Bertz CT molecular complexity index is 385. The standard InChI is InChI=1S/C9H13N3O3S/c10-9-11-5(4-16-9)1-8(15)12-2-6(13)7(14)3-12/h4,6-7,13-14H,1-3H2,(H2,10,11). The van der Waals surface area contributed by atoms with Crippen LogP contribution in [0.4, 0.5) is 5.13 Å². The van der Waals surface area contributed by atoms with Gasteiger partial charge in [-0.2, -0.15) is 0 Å². The summed E-state index contributed by atoms with van der Waals surface area (Å²) in [5.41, 5.74) is 6.08. The van der Waals surface area contributed by atoms with E-state index in [4.69, 9.17) is 5.73 Å². The zero-order valence-corrected chi connectivity index (χ0v) is 9.35. The minimum absolute atomic E-state index is 0.152. The van der Waals surface area contributed by atoms with E-state index in [0.29, 0.717) is 10.8 Å². The van der Waals surface area contributed by atoms with Gasteiger partial charge in [-0.15, -0.1) is 11.3 Å². The number of hydrogen-bond donors (Lipinski definition) is 3. The number of rotatable bonds is 2. The SMILES string of the molecule is Nc1nc(CC(=O)N2CC(O)C(O)C2)cs1. The molecule has 2 rings (SSSR count). The number of β-amino-alcohol motifs (C(OH)–C–C–N with tert-alkyl or cyclic N) is 2. The Morgan fingerprint density at radius 1 is 1.56 bits per heavy atom. The van der Waals surface area contributed by atoms with Crippen LogP contribution in [0.3, 0.4) is 0 Å². The normalized spacial score (nSPS) is 25.0. The summed E-state index contributed by atoms with van der Waals surface area (Å²) in [5.74, 6) is -0.152. The lowest BCUT2D eigenvalue weighted by atomic mass is 10.3. The van der Waals surface area contributed by atoms with Gasteiger partial charge in [-0.1, -0.05) is 0 Å². The van der Waals surface area contributed by atoms with Crippen LogP contribution < -0.4 is 5.73 Å². The van der Waals surface area contributed by atoms with Gasteiger partial charge in [0.15, 0.2) is 5.13 Å². The summed E-state index contributed by atoms with van der Waals surface area (Å²) in [7, 11) is 0. The molecule has 4 N–H and O–H groups in total. The average molecular weight is 243 g/mol. The van der Waals surface area contributed by atoms with Crippen molar-refractivity contribution in [2.45, 2.75) is 18.6 Å². The number of thiazole rings is 1. The lowest BCUT2D eigenvalue weighted by molar-refractivity contribution is -0.130. The first-order valence-corrected chi connectivity index (χ1v) is 5.78. The smallest absolute Gasteiger partial charge is 0.228 e. The highest BCUT2D eigenvalue weighted by atomic mass is 32.1. The van der Waals surface area contributed by atoms with E-state index in [9.17, 15) is 15.0 Å². The van der Waals surface area contributed by atoms with Crippen molar-refractivity contribution in [1.82, 2.24) is 9.88 Å². The van der Waals surface area contributed by atoms with Gasteiger partial charge < -0.3 is 20.8 Å². The summed E-state index contributed by atoms with van der Waals surface area (Å²) in [6.45, 7) is 0.360. The number of carbonyl (C=O) groups is 1. The van der Waals surface area contributed by atoms with Crippen molar-refractivity contribution in [3.8, 4) is 0 Å². The lowest BCUT2D eigenvalue weighted by Gasteiger charge is -2.14. The number of aromatic nitrogens is 1. The molecular weight excluding hydrogens is 230 g/mol. The van der Waals surface area contributed by atoms with Crippen molar-refractivity contribution < 1.29 is 15.0 Å². The molecule has 6 nitrogen and oxygen atoms in total. The Morgan fingerprint density at radius 2 is 2.19 bits per heavy atom. The zero-order valence-electron chi connectivity index (χ0n) is 8.54. The third kappa shape index (κ3) is 2.31. The minimum Gasteiger partial charge on any atom is -0.388 e. The molecule has 1 amide bonds. The van der Waals surface area contributed by atoms with E-state index in [1.165, 1.54) is 16.2 Å². The van der Waals surface area contributed by atoms with Crippen molar-refractivity contribution in [2.75, 3.05) is 18.8 Å². The van der Waals surface area contributed by atoms with Gasteiger partial charge in [0, 0.05) is 18.5 Å². The second-order valence-electron chi connectivity index (χ2n) is 3.79. The topological polar surface area (TPSA) is 99.7 Å². The van der Waals surface area contributed by atoms with Gasteiger partial charge >= 0.3 is 0 Å². The van der Waals surface area contributed by atoms with Gasteiger partial charge in [-0.05, 0) is 0 Å². The predicted octanol–water partition coefficient (Wildman–Crippen LogP) is -1.17. The van der Waals surface area contributed by atoms with Crippen LogP contribution in [0.1, 0.15) is 5.69 Å². The number of carbonyl (C=O) groups excluding carboxylic acids is 1. The fourth-order valence-electron chi connectivity index (χ4n) is 1.64. The highest BCUT2D eigenvalue weighted by molar-refractivity contribution is 7.13. The second kappa shape index (κ2) is 4.36. The van der Waals surface area contributed by atoms with Crippen LogP contribution in [0, 0.1) is 0 Å². The van der Waals surface area contributed by atoms with Crippen LogP contribution in [-0.2, 0) is 11.2 Å². The largest absolute Gasteiger partial charge is 0.388 e. The number of anilines is 1. The molecule has 2 atom stereocenters. The number of nitrogen functional groups attached to an aromatic ring is 1. The lowest BCUT2D eigenvalue weighted by Crippen LogP contribution is -2.31. The first kappa shape index (κ1) is 11.3. The maximum absolute atomic E-state index is 11.7. The van der Waals surface area contributed by atoms with Crippen LogP contribution in [0.15, 0.2) is 5.38 Å². The molecule has 88 valence electrons. The molecule has 2 heterocycles. The number of nitrogens with two attached hydrogens (primary N) is 1. The summed E-state index contributed by atoms with van der Waals surface area (Å²) in [6, 6.07) is 0. The molecule has 1 aromatic rings. The maximum atomic E-state index is 11.7. The van der Waals surface area contributed by atoms with Gasteiger partial charge in [0.05, 0.1) is 24.3 Å². The van der Waals surface area contributed by atoms with Gasteiger partial charge in [-0.25, -0.2) is 4.98 Å². The number of aliphatic hydroxyl groups excluding tert-OH is 2. The van der Waals surface area contributed by atoms with E-state index in [-0.39, 0.29) is 25.4 Å². The Hall–Kier alpha value is -1.18. The Labute approximate surface area is 96.3 Å². The van der Waals surface area contributed by atoms with Crippen LogP contribution in [0.2, 0.25) is 0 Å². The second-order valence-corrected chi connectivity index (χ2v) is 4.68. The third-order valence-electron chi connectivity index (χ3n) is 2.51. The summed E-state index contributed by atoms with van der Waals surface area (Å²) < 4.78 is 0. The van der Waals surface area contributed by atoms with Crippen molar-refractivity contribution in [3.63, 3.8) is 0 Å². The molecule has 7 heteroatoms. The molecule has 0 aliphatic carbocycles. The van der Waals surface area contributed by atoms with E-state index in [1.54, 1.807) is 5.38 Å². The van der Waals surface area contributed by atoms with Crippen molar-refractivity contribution >= 4 is 22.4 Å². The summed E-state index contributed by atoms with van der Waals surface area (Å²) in [5, 5.41) is 20.8. The van der Waals surface area contributed by atoms with Crippen molar-refractivity contribution in [1.29, 1.82) is 0 Å². The van der Waals surface area contributed by atoms with Crippen LogP contribution >= 0.6 is 11.3 Å². The molecule has 1 aliphatic rings. The monoisotopic (exact) mass is 243 g/mol. The fourth-order valence-corrected chi connectivity index (χ4v) is 2.21. The maximum Gasteiger partial charge on any atom is 0.228 e. The molecule has 0 spiro atoms. The first-order chi connectivity index (χ1) is 7.56. The Balaban J connectivity index is 1.94. The molecule has 0 aromatic carbocycles. The van der Waals surface area contributed by atoms with Crippen LogP contribution in [-0.4, -0.2) is 51.3 Å². The molecule has 1 saturated heterocycles. The molecule has 0 radical (unpaired) electrons. The Kier molecular flexibility index (Phi) is 3.08. The minimum atomic E-state index is -0.843. The number of nitrogens with zero attached hydrogens (tertiary/aromatic N) is 2. The van der Waals surface area contributed by atoms with Gasteiger partial charge in [0.1, 0.15) is 0 Å². The predicted molar refractivity (Wildman–Crippen MR) is 58.8 cm³/mol. The summed E-state index contributed by atoms with van der Waals surface area (Å²) in [6.07, 6.45) is -1.53. The Morgan fingerprint density at radius 3 is 2.69 bits per heavy atom. The van der Waals surface area contributed by atoms with E-state index in [0.717, 1.165) is 0 Å². The molecule has 1 fully saturated rings. The van der Waals surface area contributed by atoms with E-state index < -0.39 is 12.2 Å². The fraction of sp³-hybridized carbons (Fsp3) is 0.556. The van der Waals surface area contributed by atoms with Gasteiger partial charge in [-0.3, -0.25) is 4.79 Å². The van der Waals surface area contributed by atoms with E-state index in [2.05, 4.69) is 4.98 Å². The zero-order chi connectivity index (χ0) is 11.7. The molecule has 0 saturated carbocycles. The quantitative estimate of drug-likeness (QED) is 0.608. The van der Waals surface area contributed by atoms with Gasteiger partial charge in [0.25, 0.3) is 0 Å². The molecular formula is C9H13N3O3S. The highest BCUT2D eigenvalue weighted by Gasteiger charge is 2.32. The molecule has 16 heavy (non-hydrogen) atoms. The molecule has 1 aliphatic heterocycles. The number of amides is 1. The number of likely N-dealkylation sites (tertiary alicyclic amines) is 1. The van der Waals surface area contributed by atoms with Crippen molar-refractivity contribution in [2.24, 2.45) is 0 Å². The van der Waals surface area contributed by atoms with Crippen molar-refractivity contribution in [3.05, 3.63) is 11.1 Å². The number of hydrogen-bond acceptors (Lipinski definition) is 6. The van der Waals surface area contributed by atoms with E-state index >= 15 is 0 Å². The third-order valence-corrected chi connectivity index (χ3v) is 3.24. The van der Waals surface area contributed by atoms with Crippen LogP contribution in [0.5, 0.6) is 0 Å². The molecule has 1 aromatic heterocycles. The highest BCUT2D eigenvalue weighted by Crippen LogP contribution is 2.15. The molecule has 2 unspecified atom stereocenters. The summed E-state index contributed by atoms with van der Waals surface area (Å²) in [4.78, 5) is 17.2. The molecule has 0 bridgehead atoms. The number of aliphatic hydroxyl groups is 2. The van der Waals surface area contributed by atoms with E-state index in [1.807, 2.05) is 0 Å². The first-order valence-electron chi connectivity index (χ1n) is 4.90. The van der Waals surface area contributed by atoms with Gasteiger partial charge in [0.2, 0.25) is 5.91 Å².